The number of ether oxygens (including phenoxy) is 2. The quantitative estimate of drug-likeness (QED) is 0.616. The van der Waals surface area contributed by atoms with Gasteiger partial charge in [0.25, 0.3) is 0 Å². The van der Waals surface area contributed by atoms with Gasteiger partial charge in [-0.1, -0.05) is 24.3 Å². The molecule has 0 atom stereocenters. The zero-order valence-electron chi connectivity index (χ0n) is 17.0. The fourth-order valence-corrected chi connectivity index (χ4v) is 2.76. The van der Waals surface area contributed by atoms with Gasteiger partial charge in [-0.25, -0.2) is 0 Å². The maximum Gasteiger partial charge on any atom is 0.387 e. The molecule has 0 aliphatic carbocycles. The molecule has 0 heterocycles. The lowest BCUT2D eigenvalue weighted by molar-refractivity contribution is -0.129. The van der Waals surface area contributed by atoms with Crippen LogP contribution < -0.4 is 14.8 Å². The van der Waals surface area contributed by atoms with Crippen LogP contribution >= 0.6 is 0 Å². The number of anilines is 1. The first-order chi connectivity index (χ1) is 14.3. The number of nitrogens with one attached hydrogen (secondary N) is 1. The van der Waals surface area contributed by atoms with Gasteiger partial charge in [0, 0.05) is 31.8 Å². The second kappa shape index (κ2) is 10.9. The molecule has 6 nitrogen and oxygen atoms in total. The van der Waals surface area contributed by atoms with E-state index in [9.17, 15) is 18.4 Å². The SMILES string of the molecule is CCN(Cc1ccccc1NC(=O)/C=C/c1ccc(OC(F)F)c(OC)c1)C(C)=O. The van der Waals surface area contributed by atoms with Gasteiger partial charge >= 0.3 is 6.61 Å². The lowest BCUT2D eigenvalue weighted by atomic mass is 10.1. The third-order valence-electron chi connectivity index (χ3n) is 4.29. The number of hydrogen-bond acceptors (Lipinski definition) is 4. The average molecular weight is 418 g/mol. The maximum absolute atomic E-state index is 12.4. The van der Waals surface area contributed by atoms with Crippen molar-refractivity contribution >= 4 is 23.6 Å². The lowest BCUT2D eigenvalue weighted by Gasteiger charge is -2.20. The summed E-state index contributed by atoms with van der Waals surface area (Å²) in [5, 5.41) is 2.80. The number of alkyl halides is 2. The minimum Gasteiger partial charge on any atom is -0.493 e. The molecule has 2 aromatic carbocycles. The molecule has 2 amide bonds. The minimum atomic E-state index is -2.96. The average Bonchev–Trinajstić information content (AvgIpc) is 2.71. The van der Waals surface area contributed by atoms with Crippen molar-refractivity contribution in [3.63, 3.8) is 0 Å². The molecule has 0 spiro atoms. The van der Waals surface area contributed by atoms with Gasteiger partial charge < -0.3 is 19.7 Å². The van der Waals surface area contributed by atoms with Gasteiger partial charge in [-0.05, 0) is 42.3 Å². The first-order valence-electron chi connectivity index (χ1n) is 9.29. The fraction of sp³-hybridized carbons (Fsp3) is 0.273. The third-order valence-corrected chi connectivity index (χ3v) is 4.29. The van der Waals surface area contributed by atoms with Crippen LogP contribution in [-0.4, -0.2) is 37.0 Å². The van der Waals surface area contributed by atoms with E-state index >= 15 is 0 Å². The van der Waals surface area contributed by atoms with Crippen molar-refractivity contribution < 1.29 is 27.8 Å². The molecule has 2 rings (SSSR count). The number of halogens is 2. The van der Waals surface area contributed by atoms with E-state index in [1.54, 1.807) is 17.0 Å². The van der Waals surface area contributed by atoms with Gasteiger partial charge in [-0.15, -0.1) is 0 Å². The van der Waals surface area contributed by atoms with Crippen molar-refractivity contribution in [2.75, 3.05) is 19.0 Å². The molecular formula is C22H24F2N2O4. The van der Waals surface area contributed by atoms with Crippen LogP contribution in [0.5, 0.6) is 11.5 Å². The number of amides is 2. The van der Waals surface area contributed by atoms with E-state index in [0.717, 1.165) is 5.56 Å². The fourth-order valence-electron chi connectivity index (χ4n) is 2.76. The summed E-state index contributed by atoms with van der Waals surface area (Å²) in [6.07, 6.45) is 2.85. The number of carbonyl (C=O) groups is 2. The summed E-state index contributed by atoms with van der Waals surface area (Å²) in [4.78, 5) is 25.7. The van der Waals surface area contributed by atoms with E-state index in [1.165, 1.54) is 44.4 Å². The highest BCUT2D eigenvalue weighted by atomic mass is 19.3. The van der Waals surface area contributed by atoms with E-state index < -0.39 is 6.61 Å². The third kappa shape index (κ3) is 6.58. The molecule has 0 fully saturated rings. The van der Waals surface area contributed by atoms with Crippen molar-refractivity contribution in [2.45, 2.75) is 27.0 Å². The predicted molar refractivity (Wildman–Crippen MR) is 110 cm³/mol. The highest BCUT2D eigenvalue weighted by molar-refractivity contribution is 6.02. The number of carbonyl (C=O) groups excluding carboxylic acids is 2. The molecule has 0 radical (unpaired) electrons. The topological polar surface area (TPSA) is 67.9 Å². The van der Waals surface area contributed by atoms with Crippen LogP contribution in [-0.2, 0) is 16.1 Å². The number of hydrogen-bond donors (Lipinski definition) is 1. The molecule has 0 saturated carbocycles. The van der Waals surface area contributed by atoms with Crippen molar-refractivity contribution in [1.82, 2.24) is 4.90 Å². The summed E-state index contributed by atoms with van der Waals surface area (Å²) in [5.74, 6) is -0.381. The Hall–Kier alpha value is -3.42. The lowest BCUT2D eigenvalue weighted by Crippen LogP contribution is -2.28. The highest BCUT2D eigenvalue weighted by Gasteiger charge is 2.12. The van der Waals surface area contributed by atoms with Crippen LogP contribution in [0.25, 0.3) is 6.08 Å². The Kier molecular flexibility index (Phi) is 8.34. The Morgan fingerprint density at radius 2 is 1.90 bits per heavy atom. The zero-order valence-corrected chi connectivity index (χ0v) is 17.0. The molecular weight excluding hydrogens is 394 g/mol. The Labute approximate surface area is 174 Å². The van der Waals surface area contributed by atoms with Crippen LogP contribution in [0.2, 0.25) is 0 Å². The van der Waals surface area contributed by atoms with Crippen LogP contribution in [0.15, 0.2) is 48.5 Å². The summed E-state index contributed by atoms with van der Waals surface area (Å²) in [7, 11) is 1.34. The molecule has 0 aliphatic rings. The normalized spacial score (nSPS) is 10.9. The van der Waals surface area contributed by atoms with Crippen LogP contribution in [0, 0.1) is 0 Å². The largest absolute Gasteiger partial charge is 0.493 e. The van der Waals surface area contributed by atoms with Crippen molar-refractivity contribution in [2.24, 2.45) is 0 Å². The summed E-state index contributed by atoms with van der Waals surface area (Å²) >= 11 is 0. The van der Waals surface area contributed by atoms with E-state index in [0.29, 0.717) is 24.3 Å². The number of benzene rings is 2. The number of rotatable bonds is 9. The molecule has 0 bridgehead atoms. The van der Waals surface area contributed by atoms with Crippen molar-refractivity contribution in [3.8, 4) is 11.5 Å². The Balaban J connectivity index is 2.11. The second-order valence-corrected chi connectivity index (χ2v) is 6.30. The molecule has 0 saturated heterocycles. The van der Waals surface area contributed by atoms with Gasteiger partial charge in [-0.3, -0.25) is 9.59 Å². The summed E-state index contributed by atoms with van der Waals surface area (Å²) in [5.41, 5.74) is 1.99. The minimum absolute atomic E-state index is 0.0493. The van der Waals surface area contributed by atoms with Crippen LogP contribution in [0.3, 0.4) is 0 Å². The van der Waals surface area contributed by atoms with E-state index in [1.807, 2.05) is 19.1 Å². The molecule has 8 heteroatoms. The van der Waals surface area contributed by atoms with Gasteiger partial charge in [0.2, 0.25) is 11.8 Å². The number of nitrogens with zero attached hydrogens (tertiary/aromatic N) is 1. The summed E-state index contributed by atoms with van der Waals surface area (Å²) < 4.78 is 34.2. The van der Waals surface area contributed by atoms with Gasteiger partial charge in [0.15, 0.2) is 11.5 Å². The van der Waals surface area contributed by atoms with E-state index in [-0.39, 0.29) is 23.3 Å². The standard InChI is InChI=1S/C22H24F2N2O4/c1-4-26(15(2)27)14-17-7-5-6-8-18(17)25-21(28)12-10-16-9-11-19(30-22(23)24)20(13-16)29-3/h5-13,22H,4,14H2,1-3H3,(H,25,28)/b12-10+. The van der Waals surface area contributed by atoms with Gasteiger partial charge in [-0.2, -0.15) is 8.78 Å². The molecule has 30 heavy (non-hydrogen) atoms. The smallest absolute Gasteiger partial charge is 0.387 e. The Morgan fingerprint density at radius 3 is 2.53 bits per heavy atom. The Morgan fingerprint density at radius 1 is 1.17 bits per heavy atom. The van der Waals surface area contributed by atoms with Crippen molar-refractivity contribution in [1.29, 1.82) is 0 Å². The number of methoxy groups -OCH3 is 1. The zero-order chi connectivity index (χ0) is 22.1. The monoisotopic (exact) mass is 418 g/mol. The van der Waals surface area contributed by atoms with Gasteiger partial charge in [0.05, 0.1) is 7.11 Å². The first-order valence-corrected chi connectivity index (χ1v) is 9.29. The van der Waals surface area contributed by atoms with Crippen molar-refractivity contribution in [3.05, 3.63) is 59.7 Å². The van der Waals surface area contributed by atoms with Crippen LogP contribution in [0.4, 0.5) is 14.5 Å². The van der Waals surface area contributed by atoms with Crippen LogP contribution in [0.1, 0.15) is 25.0 Å². The predicted octanol–water partition coefficient (Wildman–Crippen LogP) is 4.32. The summed E-state index contributed by atoms with van der Waals surface area (Å²) in [6, 6.07) is 11.6. The highest BCUT2D eigenvalue weighted by Crippen LogP contribution is 2.29. The molecule has 1 N–H and O–H groups in total. The second-order valence-electron chi connectivity index (χ2n) is 6.30. The molecule has 0 unspecified atom stereocenters. The Bertz CT molecular complexity index is 916. The molecule has 0 aromatic heterocycles. The number of para-hydroxylation sites is 1. The maximum atomic E-state index is 12.4. The van der Waals surface area contributed by atoms with E-state index in [4.69, 9.17) is 4.74 Å². The molecule has 160 valence electrons. The summed E-state index contributed by atoms with van der Waals surface area (Å²) in [6.45, 7) is 1.37. The molecule has 2 aromatic rings. The van der Waals surface area contributed by atoms with E-state index in [2.05, 4.69) is 10.1 Å². The first kappa shape index (κ1) is 22.9. The molecule has 0 aliphatic heterocycles. The van der Waals surface area contributed by atoms with Gasteiger partial charge in [0.1, 0.15) is 0 Å².